The number of nitrogens with zero attached hydrogens (tertiary/aromatic N) is 1. The third-order valence-electron chi connectivity index (χ3n) is 4.87. The molecule has 2 aromatic carbocycles. The number of carbonyl (C=O) groups is 3. The summed E-state index contributed by atoms with van der Waals surface area (Å²) in [5, 5.41) is 14.9. The van der Waals surface area contributed by atoms with Crippen LogP contribution in [0.1, 0.15) is 41.6 Å². The molecule has 0 atom stereocenters. The summed E-state index contributed by atoms with van der Waals surface area (Å²) < 4.78 is 0. The van der Waals surface area contributed by atoms with E-state index in [0.717, 1.165) is 18.4 Å². The van der Waals surface area contributed by atoms with Gasteiger partial charge in [0.15, 0.2) is 0 Å². The Morgan fingerprint density at radius 3 is 2.07 bits per heavy atom. The number of carboxylic acid groups (broad SMARTS) is 1. The number of hydrogen-bond donors (Lipinski definition) is 3. The van der Waals surface area contributed by atoms with Crippen molar-refractivity contribution in [2.45, 2.75) is 25.7 Å². The van der Waals surface area contributed by atoms with Crippen LogP contribution in [-0.2, 0) is 4.79 Å². The summed E-state index contributed by atoms with van der Waals surface area (Å²) in [5.41, 5.74) is 2.49. The molecule has 28 heavy (non-hydrogen) atoms. The number of likely N-dealkylation sites (tertiary alicyclic amines) is 1. The predicted molar refractivity (Wildman–Crippen MR) is 107 cm³/mol. The second-order valence-electron chi connectivity index (χ2n) is 6.84. The average Bonchev–Trinajstić information content (AvgIpc) is 2.69. The first-order valence-corrected chi connectivity index (χ1v) is 9.20. The fourth-order valence-corrected chi connectivity index (χ4v) is 3.48. The van der Waals surface area contributed by atoms with Crippen LogP contribution in [-0.4, -0.2) is 41.0 Å². The first-order valence-electron chi connectivity index (χ1n) is 9.20. The van der Waals surface area contributed by atoms with Crippen LogP contribution in [0.3, 0.4) is 0 Å². The molecule has 3 amide bonds. The second kappa shape index (κ2) is 8.56. The Hall–Kier alpha value is -3.35. The molecule has 1 fully saturated rings. The molecule has 0 spiro atoms. The molecule has 0 aliphatic carbocycles. The van der Waals surface area contributed by atoms with Gasteiger partial charge >= 0.3 is 12.0 Å². The van der Waals surface area contributed by atoms with Crippen LogP contribution in [0.15, 0.2) is 48.5 Å². The van der Waals surface area contributed by atoms with Crippen molar-refractivity contribution in [2.75, 3.05) is 23.7 Å². The Morgan fingerprint density at radius 2 is 1.50 bits per heavy atom. The van der Waals surface area contributed by atoms with E-state index in [1.165, 1.54) is 6.92 Å². The monoisotopic (exact) mass is 381 g/mol. The number of carboxylic acids is 1. The molecule has 0 aromatic heterocycles. The van der Waals surface area contributed by atoms with Crippen molar-refractivity contribution in [3.05, 3.63) is 59.7 Å². The molecular weight excluding hydrogens is 358 g/mol. The van der Waals surface area contributed by atoms with Gasteiger partial charge in [0.05, 0.1) is 5.56 Å². The maximum atomic E-state index is 12.5. The highest BCUT2D eigenvalue weighted by atomic mass is 16.4. The molecule has 2 aromatic rings. The average molecular weight is 381 g/mol. The Kier molecular flexibility index (Phi) is 5.93. The number of rotatable bonds is 4. The van der Waals surface area contributed by atoms with Crippen LogP contribution < -0.4 is 10.6 Å². The van der Waals surface area contributed by atoms with Gasteiger partial charge in [-0.1, -0.05) is 18.2 Å². The zero-order chi connectivity index (χ0) is 20.1. The maximum Gasteiger partial charge on any atom is 0.335 e. The first kappa shape index (κ1) is 19.4. The van der Waals surface area contributed by atoms with E-state index in [2.05, 4.69) is 10.6 Å². The van der Waals surface area contributed by atoms with Crippen molar-refractivity contribution in [3.8, 4) is 0 Å². The zero-order valence-electron chi connectivity index (χ0n) is 15.6. The van der Waals surface area contributed by atoms with Gasteiger partial charge in [0.2, 0.25) is 5.91 Å². The Labute approximate surface area is 163 Å². The van der Waals surface area contributed by atoms with Gasteiger partial charge < -0.3 is 20.6 Å². The number of piperidine rings is 1. The quantitative estimate of drug-likeness (QED) is 0.751. The van der Waals surface area contributed by atoms with E-state index in [4.69, 9.17) is 0 Å². The number of anilines is 2. The maximum absolute atomic E-state index is 12.5. The summed E-state index contributed by atoms with van der Waals surface area (Å²) in [6.45, 7) is 2.57. The summed E-state index contributed by atoms with van der Waals surface area (Å²) in [6, 6.07) is 13.8. The van der Waals surface area contributed by atoms with Crippen LogP contribution in [0.25, 0.3) is 0 Å². The molecule has 7 nitrogen and oxygen atoms in total. The lowest BCUT2D eigenvalue weighted by atomic mass is 9.86. The minimum Gasteiger partial charge on any atom is -0.478 e. The molecule has 1 saturated heterocycles. The van der Waals surface area contributed by atoms with Crippen LogP contribution in [0, 0.1) is 0 Å². The Morgan fingerprint density at radius 1 is 0.929 bits per heavy atom. The highest BCUT2D eigenvalue weighted by Gasteiger charge is 2.26. The molecule has 3 N–H and O–H groups in total. The molecule has 1 heterocycles. The summed E-state index contributed by atoms with van der Waals surface area (Å²) >= 11 is 0. The van der Waals surface area contributed by atoms with Crippen LogP contribution >= 0.6 is 0 Å². The van der Waals surface area contributed by atoms with Gasteiger partial charge in [-0.05, 0) is 54.7 Å². The molecule has 3 rings (SSSR count). The lowest BCUT2D eigenvalue weighted by molar-refractivity contribution is -0.114. The van der Waals surface area contributed by atoms with Gasteiger partial charge in [0.25, 0.3) is 0 Å². The molecule has 1 aliphatic rings. The number of carbonyl (C=O) groups excluding carboxylic acids is 2. The molecule has 1 aliphatic heterocycles. The third kappa shape index (κ3) is 4.68. The highest BCUT2D eigenvalue weighted by molar-refractivity contribution is 5.91. The normalized spacial score (nSPS) is 14.4. The Bertz CT molecular complexity index is 871. The van der Waals surface area contributed by atoms with Crippen LogP contribution in [0.4, 0.5) is 16.2 Å². The third-order valence-corrected chi connectivity index (χ3v) is 4.87. The Balaban J connectivity index is 1.57. The van der Waals surface area contributed by atoms with Crippen molar-refractivity contribution < 1.29 is 19.5 Å². The first-order chi connectivity index (χ1) is 13.4. The van der Waals surface area contributed by atoms with Gasteiger partial charge in [-0.3, -0.25) is 4.79 Å². The van der Waals surface area contributed by atoms with E-state index in [-0.39, 0.29) is 17.9 Å². The number of nitrogens with one attached hydrogen (secondary N) is 2. The number of hydrogen-bond acceptors (Lipinski definition) is 3. The van der Waals surface area contributed by atoms with Crippen molar-refractivity contribution in [3.63, 3.8) is 0 Å². The fourth-order valence-electron chi connectivity index (χ4n) is 3.48. The van der Waals surface area contributed by atoms with Gasteiger partial charge in [0.1, 0.15) is 0 Å². The molecular formula is C21H23N3O4. The summed E-state index contributed by atoms with van der Waals surface area (Å²) in [7, 11) is 0. The summed E-state index contributed by atoms with van der Waals surface area (Å²) in [4.78, 5) is 36.7. The van der Waals surface area contributed by atoms with E-state index in [9.17, 15) is 19.5 Å². The van der Waals surface area contributed by atoms with Crippen molar-refractivity contribution in [1.29, 1.82) is 0 Å². The second-order valence-corrected chi connectivity index (χ2v) is 6.84. The van der Waals surface area contributed by atoms with E-state index in [1.54, 1.807) is 41.3 Å². The van der Waals surface area contributed by atoms with E-state index in [0.29, 0.717) is 30.0 Å². The molecule has 0 bridgehead atoms. The van der Waals surface area contributed by atoms with E-state index in [1.807, 2.05) is 12.1 Å². The predicted octanol–water partition coefficient (Wildman–Crippen LogP) is 3.75. The molecule has 146 valence electrons. The van der Waals surface area contributed by atoms with Crippen molar-refractivity contribution >= 4 is 29.3 Å². The largest absolute Gasteiger partial charge is 0.478 e. The number of aromatic carboxylic acids is 1. The van der Waals surface area contributed by atoms with Gasteiger partial charge in [-0.2, -0.15) is 0 Å². The lowest BCUT2D eigenvalue weighted by Crippen LogP contribution is -2.40. The summed E-state index contributed by atoms with van der Waals surface area (Å²) in [6.07, 6.45) is 1.44. The minimum atomic E-state index is -0.918. The lowest BCUT2D eigenvalue weighted by Gasteiger charge is -2.32. The smallest absolute Gasteiger partial charge is 0.335 e. The fraction of sp³-hybridized carbons (Fsp3) is 0.286. The zero-order valence-corrected chi connectivity index (χ0v) is 15.6. The standard InChI is InChI=1S/C21H23N3O4/c1-14(25)22-16-6-8-17(9-7-16)23-21(28)24-12-10-15(11-13-24)18-4-2-3-5-19(18)20(26)27/h2-9,15H,10-13H2,1H3,(H,22,25)(H,23,28)(H,26,27). The molecule has 0 saturated carbocycles. The number of benzene rings is 2. The number of amides is 3. The van der Waals surface area contributed by atoms with Crippen LogP contribution in [0.5, 0.6) is 0 Å². The topological polar surface area (TPSA) is 98.7 Å². The van der Waals surface area contributed by atoms with Gasteiger partial charge in [0, 0.05) is 31.4 Å². The molecule has 0 unspecified atom stereocenters. The van der Waals surface area contributed by atoms with Gasteiger partial charge in [-0.25, -0.2) is 9.59 Å². The number of urea groups is 1. The minimum absolute atomic E-state index is 0.133. The molecule has 0 radical (unpaired) electrons. The SMILES string of the molecule is CC(=O)Nc1ccc(NC(=O)N2CCC(c3ccccc3C(=O)O)CC2)cc1. The van der Waals surface area contributed by atoms with Crippen molar-refractivity contribution in [2.24, 2.45) is 0 Å². The highest BCUT2D eigenvalue weighted by Crippen LogP contribution is 2.30. The van der Waals surface area contributed by atoms with Crippen molar-refractivity contribution in [1.82, 2.24) is 4.90 Å². The van der Waals surface area contributed by atoms with E-state index < -0.39 is 5.97 Å². The van der Waals surface area contributed by atoms with Crippen LogP contribution in [0.2, 0.25) is 0 Å². The molecule has 7 heteroatoms. The van der Waals surface area contributed by atoms with Gasteiger partial charge in [-0.15, -0.1) is 0 Å². The summed E-state index contributed by atoms with van der Waals surface area (Å²) in [5.74, 6) is -0.934. The van der Waals surface area contributed by atoms with E-state index >= 15 is 0 Å².